The summed E-state index contributed by atoms with van der Waals surface area (Å²) in [5, 5.41) is 36.2. The largest absolute Gasteiger partial charge is 0.506 e. The number of methoxy groups -OCH3 is 2. The molecule has 0 amide bonds. The fourth-order valence-corrected chi connectivity index (χ4v) is 11.1. The molecule has 0 spiro atoms. The van der Waals surface area contributed by atoms with Gasteiger partial charge in [0.05, 0.1) is 64.0 Å². The molecule has 18 aromatic rings. The van der Waals surface area contributed by atoms with Gasteiger partial charge in [0, 0.05) is 110 Å². The summed E-state index contributed by atoms with van der Waals surface area (Å²) in [4.78, 5) is 59.7. The molecule has 0 radical (unpaired) electrons. The number of aromatic amines is 9. The Morgan fingerprint density at radius 1 is 0.436 bits per heavy atom. The van der Waals surface area contributed by atoms with Gasteiger partial charge in [0.15, 0.2) is 12.9 Å². The average Bonchev–Trinajstić information content (AvgIpc) is 1.78. The van der Waals surface area contributed by atoms with Crippen molar-refractivity contribution in [1.82, 2.24) is 44.9 Å². The number of aryl methyl sites for hydroxylation is 2. The Morgan fingerprint density at radius 3 is 1.32 bits per heavy atom. The molecular weight excluding hydrogens is 1270 g/mol. The summed E-state index contributed by atoms with van der Waals surface area (Å²) in [7, 11) is 3.06. The smallest absolute Gasteiger partial charge is 0.339 e. The molecule has 18 nitrogen and oxygen atoms in total. The van der Waals surface area contributed by atoms with Gasteiger partial charge in [-0.15, -0.1) is 0 Å². The number of carbonyl (C=O) groups excluding carboxylic acids is 2. The van der Waals surface area contributed by atoms with E-state index in [0.717, 1.165) is 84.1 Å². The lowest BCUT2D eigenvalue weighted by Gasteiger charge is -2.01. The topological polar surface area (TPSA) is 285 Å². The average molecular weight is 1350 g/mol. The van der Waals surface area contributed by atoms with Crippen LogP contribution in [0.1, 0.15) is 49.1 Å². The maximum atomic E-state index is 12.8. The zero-order chi connectivity index (χ0) is 70.9. The number of carboxylic acid groups (broad SMARTS) is 1. The molecule has 0 unspecified atom stereocenters. The Bertz CT molecular complexity index is 5470. The van der Waals surface area contributed by atoms with Gasteiger partial charge in [-0.2, -0.15) is 5.26 Å². The predicted octanol–water partition coefficient (Wildman–Crippen LogP) is 19.4. The lowest BCUT2D eigenvalue weighted by molar-refractivity contribution is 0.0601. The standard InChI is InChI=1S/C10H8N2O.C10H9NO2.C10H11N.C9H7NO2.C9H9NO.C9H7NO.C9H9N.C8H6FN.C8H7NO/c11-5-7-13-9-3-1-2-8-4-6-12-10(8)9;1-13-10(12)8-4-2-3-7-5-6-11-9(7)8;1-2-8-4-3-5-9-6-7-11-10(8)9;11-9(12)7-3-1-2-6-4-5-10-8(6)7;1-11-8-4-2-3-7-5-6-10-9(7)8;11-6-8-3-1-2-7-4-5-10-9(7)8;1-7-3-2-4-8-5-6-10-9(7)8;9-7-3-1-2-6-4-5-10-8(6)7;10-7-3-1-2-6-4-5-9-8(6)7/h1-4,6,12H,7H2;2-6,11H,1H3;3-7,11H,2H2,1H3;1-5,10H,(H,11,12);2-6,10H,1H3;1-6,10H;2-6,10H,1H3;1-5,10H;1-5,9-10H. The van der Waals surface area contributed by atoms with Gasteiger partial charge < -0.3 is 69.3 Å². The van der Waals surface area contributed by atoms with E-state index in [9.17, 15) is 23.9 Å². The number of nitriles is 1. The molecule has 0 saturated carbocycles. The van der Waals surface area contributed by atoms with Crippen LogP contribution in [0.15, 0.2) is 274 Å². The molecule has 0 saturated heterocycles. The molecule has 0 aliphatic rings. The van der Waals surface area contributed by atoms with Crippen molar-refractivity contribution < 1.29 is 43.2 Å². The van der Waals surface area contributed by atoms with E-state index < -0.39 is 5.97 Å². The highest BCUT2D eigenvalue weighted by molar-refractivity contribution is 6.03. The third kappa shape index (κ3) is 17.7. The van der Waals surface area contributed by atoms with Gasteiger partial charge in [0.2, 0.25) is 0 Å². The van der Waals surface area contributed by atoms with Crippen molar-refractivity contribution in [3.63, 3.8) is 0 Å². The van der Waals surface area contributed by atoms with E-state index in [1.165, 1.54) is 51.5 Å². The number of rotatable bonds is 7. The Hall–Kier alpha value is -13.7. The number of nitrogens with zero attached hydrogens (tertiary/aromatic N) is 1. The second-order valence-corrected chi connectivity index (χ2v) is 22.4. The summed E-state index contributed by atoms with van der Waals surface area (Å²) < 4.78 is 27.8. The number of hydrogen-bond donors (Lipinski definition) is 11. The monoisotopic (exact) mass is 1340 g/mol. The molecule has 0 atom stereocenters. The van der Waals surface area contributed by atoms with Crippen LogP contribution < -0.4 is 9.47 Å². The summed E-state index contributed by atoms with van der Waals surface area (Å²) in [6.07, 6.45) is 18.6. The number of para-hydroxylation sites is 9. The molecule has 0 bridgehead atoms. The van der Waals surface area contributed by atoms with Crippen LogP contribution in [-0.2, 0) is 11.2 Å². The first kappa shape index (κ1) is 70.1. The molecule has 9 aromatic heterocycles. The van der Waals surface area contributed by atoms with E-state index in [1.807, 2.05) is 171 Å². The van der Waals surface area contributed by atoms with Crippen LogP contribution in [0, 0.1) is 24.1 Å². The van der Waals surface area contributed by atoms with Crippen molar-refractivity contribution in [2.45, 2.75) is 20.3 Å². The summed E-state index contributed by atoms with van der Waals surface area (Å²) in [6.45, 7) is 4.37. The fraction of sp³-hybridized carbons (Fsp3) is 0.0732. The van der Waals surface area contributed by atoms with Gasteiger partial charge in [0.25, 0.3) is 0 Å². The Labute approximate surface area is 579 Å². The minimum atomic E-state index is -0.900. The maximum Gasteiger partial charge on any atom is 0.339 e. The predicted molar refractivity (Wildman–Crippen MR) is 402 cm³/mol. The molecular formula is C82H73FN10O8. The quantitative estimate of drug-likeness (QED) is 0.0534. The van der Waals surface area contributed by atoms with Crippen LogP contribution in [0.5, 0.6) is 17.2 Å². The number of carboxylic acids is 1. The molecule has 0 aliphatic carbocycles. The lowest BCUT2D eigenvalue weighted by atomic mass is 10.1. The van der Waals surface area contributed by atoms with Crippen molar-refractivity contribution in [1.29, 1.82) is 5.26 Å². The molecule has 18 rings (SSSR count). The van der Waals surface area contributed by atoms with E-state index >= 15 is 0 Å². The van der Waals surface area contributed by atoms with Crippen LogP contribution in [-0.4, -0.2) is 94.1 Å². The van der Waals surface area contributed by atoms with Crippen molar-refractivity contribution in [2.75, 3.05) is 20.8 Å². The van der Waals surface area contributed by atoms with Gasteiger partial charge in [-0.05, 0) is 132 Å². The zero-order valence-corrected chi connectivity index (χ0v) is 55.6. The molecule has 101 heavy (non-hydrogen) atoms. The third-order valence-electron chi connectivity index (χ3n) is 16.1. The van der Waals surface area contributed by atoms with E-state index in [4.69, 9.17) is 19.8 Å². The number of aldehydes is 1. The number of carbonyl (C=O) groups is 3. The van der Waals surface area contributed by atoms with Crippen LogP contribution in [0.25, 0.3) is 98.1 Å². The SMILES string of the molecule is CCc1cccc2cc[nH]c12.COC(=O)c1cccc2cc[nH]c12.COc1cccc2cc[nH]c12.Cc1cccc2cc[nH]c12.Fc1cccc2cc[nH]c12.N#CCOc1cccc2cc[nH]c12.O=C(O)c1cccc2cc[nH]c12.O=Cc1cccc2cc[nH]c12.Oc1cccc2cc[nH]c12. The number of nitrogens with one attached hydrogen (secondary N) is 9. The van der Waals surface area contributed by atoms with Crippen LogP contribution in [0.4, 0.5) is 4.39 Å². The number of H-pyrrole nitrogens is 9. The van der Waals surface area contributed by atoms with Crippen LogP contribution in [0.3, 0.4) is 0 Å². The van der Waals surface area contributed by atoms with Crippen molar-refractivity contribution in [2.24, 2.45) is 0 Å². The molecule has 9 heterocycles. The molecule has 506 valence electrons. The summed E-state index contributed by atoms with van der Waals surface area (Å²) in [5.74, 6) is 0.526. The zero-order valence-electron chi connectivity index (χ0n) is 55.6. The number of ether oxygens (including phenoxy) is 3. The van der Waals surface area contributed by atoms with Crippen LogP contribution >= 0.6 is 0 Å². The Kier molecular flexibility index (Phi) is 24.1. The van der Waals surface area contributed by atoms with E-state index in [-0.39, 0.29) is 18.4 Å². The van der Waals surface area contributed by atoms with Crippen molar-refractivity contribution in [3.8, 4) is 23.3 Å². The number of esters is 1. The molecule has 0 fully saturated rings. The van der Waals surface area contributed by atoms with Gasteiger partial charge in [-0.25, -0.2) is 14.0 Å². The number of hydrogen-bond acceptors (Lipinski definition) is 8. The van der Waals surface area contributed by atoms with Gasteiger partial charge >= 0.3 is 11.9 Å². The van der Waals surface area contributed by atoms with Gasteiger partial charge in [-0.1, -0.05) is 128 Å². The number of aromatic nitrogens is 9. The second kappa shape index (κ2) is 34.8. The summed E-state index contributed by atoms with van der Waals surface area (Å²) in [5.41, 5.74) is 12.7. The third-order valence-corrected chi connectivity index (χ3v) is 16.1. The minimum Gasteiger partial charge on any atom is -0.506 e. The first-order chi connectivity index (χ1) is 49.4. The van der Waals surface area contributed by atoms with Crippen molar-refractivity contribution >= 4 is 116 Å². The second-order valence-electron chi connectivity index (χ2n) is 22.4. The van der Waals surface area contributed by atoms with Crippen LogP contribution in [0.2, 0.25) is 0 Å². The first-order valence-corrected chi connectivity index (χ1v) is 32.1. The number of benzene rings is 9. The Morgan fingerprint density at radius 2 is 0.812 bits per heavy atom. The molecule has 19 heteroatoms. The number of phenolic OH excluding ortho intramolecular Hbond substituents is 1. The Balaban J connectivity index is 0.000000123. The highest BCUT2D eigenvalue weighted by atomic mass is 19.1. The first-order valence-electron chi connectivity index (χ1n) is 32.1. The molecule has 9 aromatic carbocycles. The van der Waals surface area contributed by atoms with Crippen molar-refractivity contribution in [3.05, 3.63) is 308 Å². The minimum absolute atomic E-state index is 0.0815. The fourth-order valence-electron chi connectivity index (χ4n) is 11.1. The van der Waals surface area contributed by atoms with E-state index in [2.05, 4.69) is 112 Å². The number of fused-ring (bicyclic) bond motifs is 9. The summed E-state index contributed by atoms with van der Waals surface area (Å²) in [6, 6.07) is 70.8. The number of halogens is 1. The molecule has 11 N–H and O–H groups in total. The van der Waals surface area contributed by atoms with Gasteiger partial charge in [-0.3, -0.25) is 4.79 Å². The highest BCUT2D eigenvalue weighted by Crippen LogP contribution is 2.26. The molecule has 0 aliphatic heterocycles. The number of phenols is 1. The van der Waals surface area contributed by atoms with E-state index in [1.54, 1.807) is 62.1 Å². The summed E-state index contributed by atoms with van der Waals surface area (Å²) >= 11 is 0. The van der Waals surface area contributed by atoms with Gasteiger partial charge in [0.1, 0.15) is 29.1 Å². The number of aromatic carboxylic acids is 1. The normalized spacial score (nSPS) is 10.3. The number of aromatic hydroxyl groups is 1. The highest BCUT2D eigenvalue weighted by Gasteiger charge is 2.11. The van der Waals surface area contributed by atoms with E-state index in [0.29, 0.717) is 33.5 Å². The lowest BCUT2D eigenvalue weighted by Crippen LogP contribution is -2.01. The maximum absolute atomic E-state index is 12.8.